The van der Waals surface area contributed by atoms with E-state index in [1.54, 1.807) is 12.1 Å². The molecule has 1 aliphatic heterocycles. The Morgan fingerprint density at radius 1 is 1.09 bits per heavy atom. The zero-order valence-corrected chi connectivity index (χ0v) is 18.4. The van der Waals surface area contributed by atoms with E-state index < -0.39 is 0 Å². The summed E-state index contributed by atoms with van der Waals surface area (Å²) in [5.74, 6) is 0.691. The summed E-state index contributed by atoms with van der Waals surface area (Å²) in [6, 6.07) is 11.6. The average Bonchev–Trinajstić information content (AvgIpc) is 3.22. The molecule has 2 aromatic carbocycles. The van der Waals surface area contributed by atoms with Crippen LogP contribution in [0.4, 0.5) is 4.39 Å². The normalized spacial score (nSPS) is 15.7. The molecule has 1 aliphatic rings. The van der Waals surface area contributed by atoms with Gasteiger partial charge in [0.2, 0.25) is 0 Å². The molecule has 170 valence electrons. The fourth-order valence-electron chi connectivity index (χ4n) is 4.45. The van der Waals surface area contributed by atoms with E-state index in [1.165, 1.54) is 18.2 Å². The Bertz CT molecular complexity index is 1370. The second kappa shape index (κ2) is 9.19. The monoisotopic (exact) mass is 448 g/mol. The SMILES string of the molecule is Cc1cc(=O)oc2cc(OC/C=C/CN3CCC(c4noc5cc(F)ccc45)CC3)ccc12. The third-order valence-electron chi connectivity index (χ3n) is 6.24. The highest BCUT2D eigenvalue weighted by Crippen LogP contribution is 2.32. The summed E-state index contributed by atoms with van der Waals surface area (Å²) in [6.45, 7) is 5.12. The fraction of sp³-hybridized carbons (Fsp3) is 0.308. The second-order valence-corrected chi connectivity index (χ2v) is 8.47. The molecule has 1 fully saturated rings. The van der Waals surface area contributed by atoms with Crippen molar-refractivity contribution in [3.63, 3.8) is 0 Å². The van der Waals surface area contributed by atoms with Crippen LogP contribution in [0.15, 0.2) is 68.4 Å². The highest BCUT2D eigenvalue weighted by Gasteiger charge is 2.24. The van der Waals surface area contributed by atoms with Crippen molar-refractivity contribution in [3.05, 3.63) is 82.1 Å². The molecule has 0 spiro atoms. The van der Waals surface area contributed by atoms with Crippen molar-refractivity contribution in [2.75, 3.05) is 26.2 Å². The molecule has 0 bridgehead atoms. The smallest absolute Gasteiger partial charge is 0.336 e. The van der Waals surface area contributed by atoms with Crippen LogP contribution < -0.4 is 10.4 Å². The molecule has 0 unspecified atom stereocenters. The fourth-order valence-corrected chi connectivity index (χ4v) is 4.45. The number of benzene rings is 2. The number of hydrogen-bond donors (Lipinski definition) is 0. The van der Waals surface area contributed by atoms with Gasteiger partial charge in [-0.3, -0.25) is 4.90 Å². The lowest BCUT2D eigenvalue weighted by Crippen LogP contribution is -2.33. The number of piperidine rings is 1. The number of nitrogens with zero attached hydrogens (tertiary/aromatic N) is 2. The maximum atomic E-state index is 13.4. The van der Waals surface area contributed by atoms with E-state index >= 15 is 0 Å². The number of fused-ring (bicyclic) bond motifs is 2. The van der Waals surface area contributed by atoms with Gasteiger partial charge in [0.15, 0.2) is 5.58 Å². The lowest BCUT2D eigenvalue weighted by Gasteiger charge is -2.30. The number of likely N-dealkylation sites (tertiary alicyclic amines) is 1. The summed E-state index contributed by atoms with van der Waals surface area (Å²) in [5.41, 5.74) is 2.52. The van der Waals surface area contributed by atoms with Gasteiger partial charge in [-0.15, -0.1) is 0 Å². The van der Waals surface area contributed by atoms with Gasteiger partial charge in [-0.2, -0.15) is 0 Å². The minimum Gasteiger partial charge on any atom is -0.489 e. The number of hydrogen-bond acceptors (Lipinski definition) is 6. The van der Waals surface area contributed by atoms with Gasteiger partial charge in [-0.05, 0) is 62.7 Å². The quantitative estimate of drug-likeness (QED) is 0.298. The zero-order valence-electron chi connectivity index (χ0n) is 18.4. The largest absolute Gasteiger partial charge is 0.489 e. The lowest BCUT2D eigenvalue weighted by atomic mass is 9.91. The van der Waals surface area contributed by atoms with Gasteiger partial charge in [0.05, 0.1) is 5.69 Å². The molecular formula is C26H25FN2O4. The Morgan fingerprint density at radius 3 is 2.76 bits per heavy atom. The van der Waals surface area contributed by atoms with Gasteiger partial charge < -0.3 is 13.7 Å². The topological polar surface area (TPSA) is 68.7 Å². The van der Waals surface area contributed by atoms with Crippen molar-refractivity contribution in [2.45, 2.75) is 25.7 Å². The molecule has 5 rings (SSSR count). The van der Waals surface area contributed by atoms with Crippen LogP contribution in [0, 0.1) is 12.7 Å². The van der Waals surface area contributed by atoms with E-state index in [0.717, 1.165) is 54.5 Å². The highest BCUT2D eigenvalue weighted by atomic mass is 19.1. The van der Waals surface area contributed by atoms with Crippen molar-refractivity contribution in [3.8, 4) is 5.75 Å². The molecule has 0 saturated carbocycles. The minimum absolute atomic E-state index is 0.307. The molecule has 2 aromatic heterocycles. The van der Waals surface area contributed by atoms with E-state index in [9.17, 15) is 9.18 Å². The first-order chi connectivity index (χ1) is 16.1. The van der Waals surface area contributed by atoms with Crippen LogP contribution in [-0.2, 0) is 0 Å². The summed E-state index contributed by atoms with van der Waals surface area (Å²) >= 11 is 0. The predicted molar refractivity (Wildman–Crippen MR) is 124 cm³/mol. The van der Waals surface area contributed by atoms with Gasteiger partial charge in [0.25, 0.3) is 0 Å². The van der Waals surface area contributed by atoms with Gasteiger partial charge in [-0.1, -0.05) is 17.3 Å². The Labute approximate surface area is 190 Å². The van der Waals surface area contributed by atoms with Gasteiger partial charge >= 0.3 is 5.63 Å². The lowest BCUT2D eigenvalue weighted by molar-refractivity contribution is 0.228. The molecule has 6 nitrogen and oxygen atoms in total. The summed E-state index contributed by atoms with van der Waals surface area (Å²) in [5, 5.41) is 6.04. The Hall–Kier alpha value is -3.45. The third kappa shape index (κ3) is 4.68. The van der Waals surface area contributed by atoms with Crippen molar-refractivity contribution < 1.29 is 18.1 Å². The second-order valence-electron chi connectivity index (χ2n) is 8.47. The molecule has 0 N–H and O–H groups in total. The Kier molecular flexibility index (Phi) is 5.96. The van der Waals surface area contributed by atoms with E-state index in [0.29, 0.717) is 29.4 Å². The number of aryl methyl sites for hydroxylation is 1. The van der Waals surface area contributed by atoms with Gasteiger partial charge in [0.1, 0.15) is 23.8 Å². The minimum atomic E-state index is -0.355. The maximum Gasteiger partial charge on any atom is 0.336 e. The Balaban J connectivity index is 1.10. The van der Waals surface area contributed by atoms with Crippen LogP contribution in [0.2, 0.25) is 0 Å². The number of ether oxygens (including phenoxy) is 1. The molecule has 3 heterocycles. The molecule has 0 aliphatic carbocycles. The van der Waals surface area contributed by atoms with Gasteiger partial charge in [-0.25, -0.2) is 9.18 Å². The average molecular weight is 448 g/mol. The Morgan fingerprint density at radius 2 is 1.91 bits per heavy atom. The van der Waals surface area contributed by atoms with Crippen LogP contribution in [0.3, 0.4) is 0 Å². The van der Waals surface area contributed by atoms with E-state index in [1.807, 2.05) is 25.1 Å². The summed E-state index contributed by atoms with van der Waals surface area (Å²) in [7, 11) is 0. The summed E-state index contributed by atoms with van der Waals surface area (Å²) in [6.07, 6.45) is 6.10. The number of aromatic nitrogens is 1. The molecular weight excluding hydrogens is 423 g/mol. The van der Waals surface area contributed by atoms with Crippen LogP contribution in [-0.4, -0.2) is 36.3 Å². The molecule has 0 amide bonds. The van der Waals surface area contributed by atoms with E-state index in [-0.39, 0.29) is 11.4 Å². The van der Waals surface area contributed by atoms with Gasteiger partial charge in [0, 0.05) is 41.4 Å². The summed E-state index contributed by atoms with van der Waals surface area (Å²) < 4.78 is 29.8. The van der Waals surface area contributed by atoms with Crippen LogP contribution in [0.5, 0.6) is 5.75 Å². The van der Waals surface area contributed by atoms with Crippen molar-refractivity contribution in [1.29, 1.82) is 0 Å². The predicted octanol–water partition coefficient (Wildman–Crippen LogP) is 5.20. The molecule has 0 radical (unpaired) electrons. The first-order valence-electron chi connectivity index (χ1n) is 11.2. The number of halogens is 1. The first-order valence-corrected chi connectivity index (χ1v) is 11.2. The van der Waals surface area contributed by atoms with Crippen molar-refractivity contribution in [2.24, 2.45) is 0 Å². The molecule has 33 heavy (non-hydrogen) atoms. The number of rotatable bonds is 6. The first kappa shape index (κ1) is 21.4. The third-order valence-corrected chi connectivity index (χ3v) is 6.24. The van der Waals surface area contributed by atoms with Crippen LogP contribution in [0.25, 0.3) is 21.9 Å². The zero-order chi connectivity index (χ0) is 22.8. The van der Waals surface area contributed by atoms with Crippen molar-refractivity contribution >= 4 is 21.9 Å². The molecule has 1 saturated heterocycles. The van der Waals surface area contributed by atoms with Crippen LogP contribution >= 0.6 is 0 Å². The standard InChI is InChI=1S/C26H25FN2O4/c1-17-14-25(30)32-23-16-20(5-7-21(17)23)31-13-3-2-10-29-11-8-18(9-12-29)26-22-6-4-19(27)15-24(22)33-28-26/h2-7,14-16,18H,8-13H2,1H3/b3-2+. The van der Waals surface area contributed by atoms with Crippen molar-refractivity contribution in [1.82, 2.24) is 10.1 Å². The van der Waals surface area contributed by atoms with E-state index in [4.69, 9.17) is 13.7 Å². The highest BCUT2D eigenvalue weighted by molar-refractivity contribution is 5.81. The van der Waals surface area contributed by atoms with E-state index in [2.05, 4.69) is 16.1 Å². The maximum absolute atomic E-state index is 13.4. The molecule has 7 heteroatoms. The van der Waals surface area contributed by atoms with Crippen LogP contribution in [0.1, 0.15) is 30.0 Å². The summed E-state index contributed by atoms with van der Waals surface area (Å²) in [4.78, 5) is 14.0. The molecule has 0 atom stereocenters. The molecule has 4 aromatic rings.